The minimum Gasteiger partial charge on any atom is -0.462 e. The summed E-state index contributed by atoms with van der Waals surface area (Å²) >= 11 is 0. The van der Waals surface area contributed by atoms with Crippen molar-refractivity contribution < 1.29 is 80.2 Å². The number of rotatable bonds is 78. The van der Waals surface area contributed by atoms with Gasteiger partial charge in [0.25, 0.3) is 0 Å². The summed E-state index contributed by atoms with van der Waals surface area (Å²) in [5, 5.41) is 10.7. The highest BCUT2D eigenvalue weighted by Crippen LogP contribution is 2.45. The van der Waals surface area contributed by atoms with Gasteiger partial charge in [0.15, 0.2) is 12.2 Å². The predicted octanol–water partition coefficient (Wildman–Crippen LogP) is 25.0. The molecule has 0 aromatic rings. The number of carbonyl (C=O) groups is 4. The number of aliphatic hydroxyl groups excluding tert-OH is 1. The molecule has 0 spiro atoms. The fourth-order valence-corrected chi connectivity index (χ4v) is 12.6. The standard InChI is InChI=1S/C89H150O17P2/c1-5-9-13-17-21-25-29-33-36-39-41-44-47-51-54-58-62-66-70-74-87(92)100-80-85(106-89(94)76-72-68-64-60-56-52-48-45-42-40-37-34-30-26-22-18-14-10-6-2)82-104-108(97,98)102-78-83(90)77-101-107(95,96)103-81-84(105-88(93)75-71-67-63-59-55-49-32-28-24-20-16-12-8-4)79-99-86(91)73-69-65-61-57-53-50-46-43-38-35-31-27-23-19-15-11-7-3/h9-11,13-15,21-23,25-27,33-38,41-42,44-46,50,83-85,90H,5-8,12,16-20,24,28-32,39-40,43,47-49,51-82H2,1-4H3,(H,95,96)(H,97,98)/b13-9-,14-10-,15-11-,25-21-,26-22-,27-23-,36-33-,37-34-,38-35-,44-41-,45-42-,50-46-. The van der Waals surface area contributed by atoms with Gasteiger partial charge in [0, 0.05) is 25.7 Å². The minimum absolute atomic E-state index is 0.0713. The molecule has 3 N–H and O–H groups in total. The number of phosphoric ester groups is 2. The van der Waals surface area contributed by atoms with E-state index in [-0.39, 0.29) is 25.7 Å². The van der Waals surface area contributed by atoms with Gasteiger partial charge in [-0.3, -0.25) is 37.3 Å². The lowest BCUT2D eigenvalue weighted by molar-refractivity contribution is -0.161. The lowest BCUT2D eigenvalue weighted by Gasteiger charge is -2.21. The minimum atomic E-state index is -4.99. The normalized spacial score (nSPS) is 14.5. The van der Waals surface area contributed by atoms with Crippen molar-refractivity contribution >= 4 is 39.5 Å². The van der Waals surface area contributed by atoms with Crippen LogP contribution in [0.4, 0.5) is 0 Å². The number of aliphatic hydroxyl groups is 1. The Balaban J connectivity index is 5.41. The van der Waals surface area contributed by atoms with Gasteiger partial charge in [0.2, 0.25) is 0 Å². The molecule has 0 aliphatic carbocycles. The number of allylic oxidation sites excluding steroid dienone is 24. The van der Waals surface area contributed by atoms with Crippen molar-refractivity contribution in [2.24, 2.45) is 0 Å². The van der Waals surface area contributed by atoms with Crippen LogP contribution in [0.1, 0.15) is 336 Å². The van der Waals surface area contributed by atoms with E-state index in [2.05, 4.69) is 174 Å². The summed E-state index contributed by atoms with van der Waals surface area (Å²) in [5.74, 6) is -2.22. The van der Waals surface area contributed by atoms with Crippen molar-refractivity contribution in [3.63, 3.8) is 0 Å². The van der Waals surface area contributed by atoms with E-state index in [1.165, 1.54) is 51.4 Å². The number of hydrogen-bond donors (Lipinski definition) is 3. The van der Waals surface area contributed by atoms with E-state index in [0.717, 1.165) is 205 Å². The summed E-state index contributed by atoms with van der Waals surface area (Å²) < 4.78 is 68.8. The van der Waals surface area contributed by atoms with E-state index in [9.17, 15) is 43.2 Å². The zero-order chi connectivity index (χ0) is 78.9. The number of hydrogen-bond acceptors (Lipinski definition) is 15. The quantitative estimate of drug-likeness (QED) is 0.0169. The van der Waals surface area contributed by atoms with Gasteiger partial charge in [-0.15, -0.1) is 0 Å². The Hall–Kier alpha value is -5.06. The number of ether oxygens (including phenoxy) is 4. The Morgan fingerprint density at radius 2 is 0.481 bits per heavy atom. The summed E-state index contributed by atoms with van der Waals surface area (Å²) in [6.07, 6.45) is 92.3. The maximum atomic E-state index is 13.1. The third-order valence-electron chi connectivity index (χ3n) is 17.3. The summed E-state index contributed by atoms with van der Waals surface area (Å²) in [4.78, 5) is 73.2. The maximum Gasteiger partial charge on any atom is 0.472 e. The summed E-state index contributed by atoms with van der Waals surface area (Å²) in [6.45, 7) is 4.51. The van der Waals surface area contributed by atoms with E-state index in [0.29, 0.717) is 25.7 Å². The first-order valence-corrected chi connectivity index (χ1v) is 45.1. The molecule has 0 saturated heterocycles. The van der Waals surface area contributed by atoms with Crippen molar-refractivity contribution in [2.75, 3.05) is 39.6 Å². The van der Waals surface area contributed by atoms with Crippen LogP contribution in [0, 0.1) is 0 Å². The molecule has 0 aromatic carbocycles. The molecule has 0 fully saturated rings. The predicted molar refractivity (Wildman–Crippen MR) is 445 cm³/mol. The second-order valence-electron chi connectivity index (χ2n) is 27.6. The molecule has 5 unspecified atom stereocenters. The van der Waals surface area contributed by atoms with E-state index in [1.807, 2.05) is 0 Å². The van der Waals surface area contributed by atoms with Gasteiger partial charge in [0.1, 0.15) is 19.3 Å². The maximum absolute atomic E-state index is 13.1. The molecular formula is C89H150O17P2. The van der Waals surface area contributed by atoms with Gasteiger partial charge in [-0.05, 0) is 141 Å². The lowest BCUT2D eigenvalue weighted by atomic mass is 10.0. The van der Waals surface area contributed by atoms with E-state index >= 15 is 0 Å². The van der Waals surface area contributed by atoms with Crippen molar-refractivity contribution in [1.29, 1.82) is 0 Å². The largest absolute Gasteiger partial charge is 0.472 e. The molecule has 0 radical (unpaired) electrons. The highest BCUT2D eigenvalue weighted by Gasteiger charge is 2.30. The Bertz CT molecular complexity index is 2610. The molecule has 5 atom stereocenters. The first-order valence-electron chi connectivity index (χ1n) is 42.1. The number of carbonyl (C=O) groups excluding carboxylic acids is 4. The smallest absolute Gasteiger partial charge is 0.462 e. The molecule has 0 heterocycles. The van der Waals surface area contributed by atoms with Crippen LogP contribution in [0.3, 0.4) is 0 Å². The molecule has 0 amide bonds. The van der Waals surface area contributed by atoms with Gasteiger partial charge in [-0.25, -0.2) is 9.13 Å². The van der Waals surface area contributed by atoms with Crippen molar-refractivity contribution in [2.45, 2.75) is 354 Å². The highest BCUT2D eigenvalue weighted by molar-refractivity contribution is 7.47. The average Bonchev–Trinajstić information content (AvgIpc) is 0.892. The summed E-state index contributed by atoms with van der Waals surface area (Å²) in [6, 6.07) is 0. The molecule has 0 rings (SSSR count). The van der Waals surface area contributed by atoms with Gasteiger partial charge in [0.05, 0.1) is 26.4 Å². The molecule has 108 heavy (non-hydrogen) atoms. The first-order chi connectivity index (χ1) is 52.7. The molecular weight excluding hydrogens is 1400 g/mol. The van der Waals surface area contributed by atoms with Gasteiger partial charge in [-0.1, -0.05) is 315 Å². The summed E-state index contributed by atoms with van der Waals surface area (Å²) in [5.41, 5.74) is 0. The first kappa shape index (κ1) is 103. The SMILES string of the molecule is CC/C=C\C/C=C\C/C=C\C/C=C\CCCCCCCCC(=O)OCC(COP(=O)(O)OCC(O)COP(=O)(O)OCC(COC(=O)CCCCCC/C=C\C/C=C\C/C=C\C/C=C\CC)OC(=O)CCCCCCCCCCCCCCC)OC(=O)CCCCCCCC/C=C\C/C=C\C/C=C\C/C=C\CC. The topological polar surface area (TPSA) is 237 Å². The van der Waals surface area contributed by atoms with E-state index < -0.39 is 97.5 Å². The Labute approximate surface area is 656 Å². The zero-order valence-electron chi connectivity index (χ0n) is 67.7. The molecule has 0 aliphatic rings. The Morgan fingerprint density at radius 1 is 0.269 bits per heavy atom. The monoisotopic (exact) mass is 1550 g/mol. The van der Waals surface area contributed by atoms with Crippen LogP contribution in [0.15, 0.2) is 146 Å². The van der Waals surface area contributed by atoms with Crippen LogP contribution in [0.2, 0.25) is 0 Å². The van der Waals surface area contributed by atoms with Crippen molar-refractivity contribution in [3.05, 3.63) is 146 Å². The van der Waals surface area contributed by atoms with Crippen molar-refractivity contribution in [3.8, 4) is 0 Å². The van der Waals surface area contributed by atoms with Gasteiger partial charge < -0.3 is 33.8 Å². The van der Waals surface area contributed by atoms with Crippen LogP contribution in [0.25, 0.3) is 0 Å². The molecule has 0 bridgehead atoms. The number of phosphoric acid groups is 2. The fraction of sp³-hybridized carbons (Fsp3) is 0.685. The van der Waals surface area contributed by atoms with Crippen LogP contribution in [-0.2, 0) is 65.4 Å². The zero-order valence-corrected chi connectivity index (χ0v) is 69.5. The number of esters is 4. The highest BCUT2D eigenvalue weighted by atomic mass is 31.2. The van der Waals surface area contributed by atoms with Gasteiger partial charge in [-0.2, -0.15) is 0 Å². The van der Waals surface area contributed by atoms with Crippen LogP contribution >= 0.6 is 15.6 Å². The Kier molecular flexibility index (Phi) is 76.3. The molecule has 17 nitrogen and oxygen atoms in total. The lowest BCUT2D eigenvalue weighted by Crippen LogP contribution is -2.30. The molecule has 618 valence electrons. The van der Waals surface area contributed by atoms with Crippen LogP contribution in [0.5, 0.6) is 0 Å². The Morgan fingerprint density at radius 3 is 0.741 bits per heavy atom. The summed E-state index contributed by atoms with van der Waals surface area (Å²) in [7, 11) is -9.98. The van der Waals surface area contributed by atoms with E-state index in [1.54, 1.807) is 0 Å². The molecule has 0 aliphatic heterocycles. The number of unbranched alkanes of at least 4 members (excludes halogenated alkanes) is 28. The van der Waals surface area contributed by atoms with E-state index in [4.69, 9.17) is 37.0 Å². The average molecular weight is 1550 g/mol. The van der Waals surface area contributed by atoms with Crippen molar-refractivity contribution in [1.82, 2.24) is 0 Å². The second-order valence-corrected chi connectivity index (χ2v) is 30.5. The molecule has 0 aromatic heterocycles. The third kappa shape index (κ3) is 79.0. The molecule has 0 saturated carbocycles. The van der Waals surface area contributed by atoms with Gasteiger partial charge >= 0.3 is 39.5 Å². The fourth-order valence-electron chi connectivity index (χ4n) is 11.0. The molecule has 19 heteroatoms. The second kappa shape index (κ2) is 80.0. The third-order valence-corrected chi connectivity index (χ3v) is 19.2. The van der Waals surface area contributed by atoms with Crippen LogP contribution < -0.4 is 0 Å². The van der Waals surface area contributed by atoms with Crippen LogP contribution in [-0.4, -0.2) is 96.7 Å².